The Balaban J connectivity index is 2.29. The van der Waals surface area contributed by atoms with Crippen molar-refractivity contribution in [2.75, 3.05) is 19.4 Å². The summed E-state index contributed by atoms with van der Waals surface area (Å²) in [6.07, 6.45) is 0. The fourth-order valence-corrected chi connectivity index (χ4v) is 2.95. The molecule has 2 aromatic rings. The van der Waals surface area contributed by atoms with Crippen molar-refractivity contribution < 1.29 is 9.72 Å². The van der Waals surface area contributed by atoms with Crippen LogP contribution in [0, 0.1) is 10.1 Å². The molecule has 1 aromatic heterocycles. The molecule has 1 N–H and O–H groups in total. The molecule has 1 amide bonds. The van der Waals surface area contributed by atoms with Gasteiger partial charge in [0.1, 0.15) is 5.69 Å². The van der Waals surface area contributed by atoms with Crippen LogP contribution in [0.25, 0.3) is 0 Å². The monoisotopic (exact) mass is 319 g/mol. The van der Waals surface area contributed by atoms with Crippen molar-refractivity contribution in [2.45, 2.75) is 13.0 Å². The zero-order chi connectivity index (χ0) is 16.3. The summed E-state index contributed by atoms with van der Waals surface area (Å²) >= 11 is 1.57. The van der Waals surface area contributed by atoms with Crippen molar-refractivity contribution in [2.24, 2.45) is 0 Å². The average molecular weight is 319 g/mol. The molecule has 0 aliphatic heterocycles. The summed E-state index contributed by atoms with van der Waals surface area (Å²) in [5.74, 6) is -0.244. The lowest BCUT2D eigenvalue weighted by atomic mass is 10.1. The maximum absolute atomic E-state index is 12.5. The SMILES string of the molecule is CNc1ccc(C(=O)N(C)C(C)c2cccs2)cc1[N+](=O)[O-]. The molecule has 6 nitrogen and oxygen atoms in total. The number of hydrogen-bond donors (Lipinski definition) is 1. The summed E-state index contributed by atoms with van der Waals surface area (Å²) in [6.45, 7) is 1.93. The molecule has 1 aromatic carbocycles. The molecule has 0 aliphatic rings. The Morgan fingerprint density at radius 3 is 2.68 bits per heavy atom. The first-order valence-corrected chi connectivity index (χ1v) is 7.60. The first-order valence-electron chi connectivity index (χ1n) is 6.72. The second-order valence-corrected chi connectivity index (χ2v) is 5.83. The highest BCUT2D eigenvalue weighted by molar-refractivity contribution is 7.10. The molecule has 2 rings (SSSR count). The quantitative estimate of drug-likeness (QED) is 0.675. The topological polar surface area (TPSA) is 75.5 Å². The van der Waals surface area contributed by atoms with Gasteiger partial charge in [-0.25, -0.2) is 0 Å². The summed E-state index contributed by atoms with van der Waals surface area (Å²) in [7, 11) is 3.30. The zero-order valence-electron chi connectivity index (χ0n) is 12.6. The predicted molar refractivity (Wildman–Crippen MR) is 87.5 cm³/mol. The van der Waals surface area contributed by atoms with Gasteiger partial charge in [0.2, 0.25) is 0 Å². The lowest BCUT2D eigenvalue weighted by Gasteiger charge is -2.24. The van der Waals surface area contributed by atoms with Crippen molar-refractivity contribution in [1.29, 1.82) is 0 Å². The summed E-state index contributed by atoms with van der Waals surface area (Å²) in [5.41, 5.74) is 0.581. The number of rotatable bonds is 5. The van der Waals surface area contributed by atoms with E-state index >= 15 is 0 Å². The van der Waals surface area contributed by atoms with Crippen LogP contribution in [0.3, 0.4) is 0 Å². The van der Waals surface area contributed by atoms with Gasteiger partial charge in [-0.05, 0) is 30.5 Å². The van der Waals surface area contributed by atoms with Gasteiger partial charge in [-0.15, -0.1) is 11.3 Å². The molecule has 0 saturated heterocycles. The highest BCUT2D eigenvalue weighted by atomic mass is 32.1. The molecule has 116 valence electrons. The smallest absolute Gasteiger partial charge is 0.293 e. The number of nitro groups is 1. The highest BCUT2D eigenvalue weighted by Gasteiger charge is 2.22. The standard InChI is InChI=1S/C15H17N3O3S/c1-10(14-5-4-8-22-14)17(3)15(19)11-6-7-12(16-2)13(9-11)18(20)21/h4-10,16H,1-3H3. The Kier molecular flexibility index (Phi) is 4.77. The molecule has 0 fully saturated rings. The maximum atomic E-state index is 12.5. The molecule has 0 radical (unpaired) electrons. The number of nitrogens with one attached hydrogen (secondary N) is 1. The van der Waals surface area contributed by atoms with Crippen LogP contribution in [0.4, 0.5) is 11.4 Å². The van der Waals surface area contributed by atoms with Crippen molar-refractivity contribution in [3.05, 3.63) is 56.3 Å². The first-order chi connectivity index (χ1) is 10.5. The van der Waals surface area contributed by atoms with E-state index in [0.717, 1.165) is 4.88 Å². The Bertz CT molecular complexity index is 685. The number of anilines is 1. The molecular formula is C15H17N3O3S. The van der Waals surface area contributed by atoms with E-state index < -0.39 is 4.92 Å². The molecule has 22 heavy (non-hydrogen) atoms. The number of carbonyl (C=O) groups is 1. The van der Waals surface area contributed by atoms with Crippen LogP contribution < -0.4 is 5.32 Å². The van der Waals surface area contributed by atoms with E-state index in [2.05, 4.69) is 5.32 Å². The maximum Gasteiger partial charge on any atom is 0.293 e. The minimum atomic E-state index is -0.495. The van der Waals surface area contributed by atoms with Gasteiger partial charge in [0, 0.05) is 30.6 Å². The first kappa shape index (κ1) is 16.0. The van der Waals surface area contributed by atoms with Gasteiger partial charge >= 0.3 is 0 Å². The van der Waals surface area contributed by atoms with Crippen LogP contribution in [0.2, 0.25) is 0 Å². The van der Waals surface area contributed by atoms with Gasteiger partial charge in [-0.1, -0.05) is 6.07 Å². The van der Waals surface area contributed by atoms with Crippen molar-refractivity contribution in [3.63, 3.8) is 0 Å². The van der Waals surface area contributed by atoms with E-state index in [1.54, 1.807) is 42.5 Å². The van der Waals surface area contributed by atoms with Crippen LogP contribution >= 0.6 is 11.3 Å². The van der Waals surface area contributed by atoms with Gasteiger partial charge < -0.3 is 10.2 Å². The van der Waals surface area contributed by atoms with Gasteiger partial charge in [0.15, 0.2) is 0 Å². The Morgan fingerprint density at radius 2 is 2.14 bits per heavy atom. The number of thiophene rings is 1. The molecule has 1 atom stereocenters. The second-order valence-electron chi connectivity index (χ2n) is 4.85. The van der Waals surface area contributed by atoms with E-state index in [1.807, 2.05) is 24.4 Å². The lowest BCUT2D eigenvalue weighted by Crippen LogP contribution is -2.29. The molecule has 0 bridgehead atoms. The van der Waals surface area contributed by atoms with Crippen LogP contribution in [-0.4, -0.2) is 29.8 Å². The average Bonchev–Trinajstić information content (AvgIpc) is 3.06. The number of benzene rings is 1. The van der Waals surface area contributed by atoms with Crippen LogP contribution in [-0.2, 0) is 0 Å². The molecule has 0 spiro atoms. The summed E-state index contributed by atoms with van der Waals surface area (Å²) in [5, 5.41) is 15.8. The Labute approximate surface area is 132 Å². The van der Waals surface area contributed by atoms with Crippen LogP contribution in [0.5, 0.6) is 0 Å². The van der Waals surface area contributed by atoms with E-state index in [1.165, 1.54) is 6.07 Å². The number of hydrogen-bond acceptors (Lipinski definition) is 5. The number of amides is 1. The Hall–Kier alpha value is -2.41. The van der Waals surface area contributed by atoms with E-state index in [9.17, 15) is 14.9 Å². The fraction of sp³-hybridized carbons (Fsp3) is 0.267. The summed E-state index contributed by atoms with van der Waals surface area (Å²) in [6, 6.07) is 8.27. The summed E-state index contributed by atoms with van der Waals surface area (Å²) < 4.78 is 0. The van der Waals surface area contributed by atoms with Crippen LogP contribution in [0.15, 0.2) is 35.7 Å². The number of nitro benzene ring substituents is 1. The number of carbonyl (C=O) groups excluding carboxylic acids is 1. The molecule has 1 unspecified atom stereocenters. The summed E-state index contributed by atoms with van der Waals surface area (Å²) in [4.78, 5) is 25.8. The molecule has 1 heterocycles. The molecule has 0 aliphatic carbocycles. The second kappa shape index (κ2) is 6.57. The minimum Gasteiger partial charge on any atom is -0.383 e. The third kappa shape index (κ3) is 3.09. The largest absolute Gasteiger partial charge is 0.383 e. The number of nitrogens with zero attached hydrogens (tertiary/aromatic N) is 2. The van der Waals surface area contributed by atoms with E-state index in [4.69, 9.17) is 0 Å². The van der Waals surface area contributed by atoms with Gasteiger partial charge in [-0.3, -0.25) is 14.9 Å². The van der Waals surface area contributed by atoms with Gasteiger partial charge in [0.05, 0.1) is 11.0 Å². The fourth-order valence-electron chi connectivity index (χ4n) is 2.13. The minimum absolute atomic E-state index is 0.0875. The normalized spacial score (nSPS) is 11.8. The van der Waals surface area contributed by atoms with Gasteiger partial charge in [0.25, 0.3) is 11.6 Å². The van der Waals surface area contributed by atoms with Crippen molar-refractivity contribution >= 4 is 28.6 Å². The third-order valence-corrected chi connectivity index (χ3v) is 4.61. The highest BCUT2D eigenvalue weighted by Crippen LogP contribution is 2.28. The van der Waals surface area contributed by atoms with Crippen molar-refractivity contribution in [1.82, 2.24) is 4.90 Å². The van der Waals surface area contributed by atoms with Crippen molar-refractivity contribution in [3.8, 4) is 0 Å². The van der Waals surface area contributed by atoms with E-state index in [-0.39, 0.29) is 17.6 Å². The zero-order valence-corrected chi connectivity index (χ0v) is 13.4. The molecule has 0 saturated carbocycles. The predicted octanol–water partition coefficient (Wildman–Crippen LogP) is 3.53. The lowest BCUT2D eigenvalue weighted by molar-refractivity contribution is -0.384. The molecule has 7 heteroatoms. The molecular weight excluding hydrogens is 302 g/mol. The van der Waals surface area contributed by atoms with Gasteiger partial charge in [-0.2, -0.15) is 0 Å². The third-order valence-electron chi connectivity index (χ3n) is 3.57. The van der Waals surface area contributed by atoms with Crippen LogP contribution in [0.1, 0.15) is 28.2 Å². The van der Waals surface area contributed by atoms with E-state index in [0.29, 0.717) is 11.3 Å². The Morgan fingerprint density at radius 1 is 1.41 bits per heavy atom.